The number of benzene rings is 3. The zero-order valence-corrected chi connectivity index (χ0v) is 24.4. The van der Waals surface area contributed by atoms with Crippen LogP contribution in [0.2, 0.25) is 5.02 Å². The van der Waals surface area contributed by atoms with Gasteiger partial charge in [0.1, 0.15) is 12.6 Å². The normalized spacial score (nSPS) is 12.5. The van der Waals surface area contributed by atoms with Crippen LogP contribution in [0.3, 0.4) is 0 Å². The molecule has 220 valence electrons. The summed E-state index contributed by atoms with van der Waals surface area (Å²) in [5, 5.41) is 3.01. The molecule has 0 aliphatic carbocycles. The number of nitrogens with zero attached hydrogens (tertiary/aromatic N) is 2. The SMILES string of the molecule is CCNC(=O)C(CC)N(Cc1ccccc1Cl)C(=O)CN(c1cccc(C(F)(F)F)c1)S(=O)(=O)c1ccc(C)cc1. The monoisotopic (exact) mass is 609 g/mol. The average molecular weight is 610 g/mol. The zero-order chi connectivity index (χ0) is 30.4. The summed E-state index contributed by atoms with van der Waals surface area (Å²) in [6.45, 7) is 4.47. The van der Waals surface area contributed by atoms with Gasteiger partial charge in [0, 0.05) is 18.1 Å². The van der Waals surface area contributed by atoms with Crippen LogP contribution >= 0.6 is 11.6 Å². The number of hydrogen-bond acceptors (Lipinski definition) is 4. The highest BCUT2D eigenvalue weighted by Gasteiger charge is 2.36. The van der Waals surface area contributed by atoms with Gasteiger partial charge < -0.3 is 10.2 Å². The summed E-state index contributed by atoms with van der Waals surface area (Å²) in [5.74, 6) is -1.25. The van der Waals surface area contributed by atoms with E-state index in [0.717, 1.165) is 17.7 Å². The van der Waals surface area contributed by atoms with Crippen molar-refractivity contribution in [3.63, 3.8) is 0 Å². The molecule has 41 heavy (non-hydrogen) atoms. The maximum atomic E-state index is 13.9. The van der Waals surface area contributed by atoms with Crippen molar-refractivity contribution in [3.8, 4) is 0 Å². The molecule has 1 unspecified atom stereocenters. The number of alkyl halides is 3. The molecule has 12 heteroatoms. The fourth-order valence-corrected chi connectivity index (χ4v) is 5.83. The first-order valence-electron chi connectivity index (χ1n) is 12.9. The van der Waals surface area contributed by atoms with Gasteiger partial charge in [-0.1, -0.05) is 60.5 Å². The quantitative estimate of drug-likeness (QED) is 0.297. The molecule has 3 aromatic rings. The van der Waals surface area contributed by atoms with Crippen molar-refractivity contribution in [2.75, 3.05) is 17.4 Å². The number of carbonyl (C=O) groups is 2. The molecule has 0 aromatic heterocycles. The number of likely N-dealkylation sites (N-methyl/N-ethyl adjacent to an activating group) is 1. The molecule has 7 nitrogen and oxygen atoms in total. The van der Waals surface area contributed by atoms with E-state index in [2.05, 4.69) is 5.32 Å². The first-order chi connectivity index (χ1) is 19.3. The van der Waals surface area contributed by atoms with E-state index in [1.54, 1.807) is 57.2 Å². The second kappa shape index (κ2) is 13.4. The first-order valence-corrected chi connectivity index (χ1v) is 14.7. The molecule has 0 saturated carbocycles. The maximum absolute atomic E-state index is 13.9. The smallest absolute Gasteiger partial charge is 0.355 e. The van der Waals surface area contributed by atoms with E-state index in [1.165, 1.54) is 23.1 Å². The van der Waals surface area contributed by atoms with Crippen molar-refractivity contribution in [1.82, 2.24) is 10.2 Å². The van der Waals surface area contributed by atoms with Crippen molar-refractivity contribution >= 4 is 39.1 Å². The second-order valence-corrected chi connectivity index (χ2v) is 11.6. The minimum absolute atomic E-state index is 0.130. The van der Waals surface area contributed by atoms with Crippen LogP contribution in [0.5, 0.6) is 0 Å². The summed E-state index contributed by atoms with van der Waals surface area (Å²) >= 11 is 6.34. The molecule has 0 radical (unpaired) electrons. The van der Waals surface area contributed by atoms with Crippen molar-refractivity contribution in [2.24, 2.45) is 0 Å². The Morgan fingerprint density at radius 2 is 1.63 bits per heavy atom. The molecule has 1 atom stereocenters. The molecule has 1 N–H and O–H groups in total. The number of amides is 2. The van der Waals surface area contributed by atoms with Crippen molar-refractivity contribution in [2.45, 2.75) is 50.9 Å². The molecule has 0 saturated heterocycles. The molecule has 3 aromatic carbocycles. The number of hydrogen-bond donors (Lipinski definition) is 1. The minimum atomic E-state index is -4.75. The van der Waals surface area contributed by atoms with Gasteiger partial charge in [-0.15, -0.1) is 0 Å². The van der Waals surface area contributed by atoms with Crippen molar-refractivity contribution in [3.05, 3.63) is 94.5 Å². The Balaban J connectivity index is 2.13. The standard InChI is InChI=1S/C29H31ClF3N3O4S/c1-4-26(28(38)34-5-2)35(18-21-9-6-7-12-25(21)30)27(37)19-36(23-11-8-10-22(17-23)29(31,32)33)41(39,40)24-15-13-20(3)14-16-24/h6-17,26H,4-5,18-19H2,1-3H3,(H,34,38). The number of sulfonamides is 1. The van der Waals surface area contributed by atoms with Crippen LogP contribution in [-0.4, -0.2) is 44.3 Å². The number of carbonyl (C=O) groups excluding carboxylic acids is 2. The van der Waals surface area contributed by atoms with Crippen molar-refractivity contribution in [1.29, 1.82) is 0 Å². The van der Waals surface area contributed by atoms with Crippen LogP contribution in [0.15, 0.2) is 77.7 Å². The highest BCUT2D eigenvalue weighted by Crippen LogP contribution is 2.33. The summed E-state index contributed by atoms with van der Waals surface area (Å²) in [7, 11) is -4.51. The van der Waals surface area contributed by atoms with E-state index in [9.17, 15) is 31.2 Å². The largest absolute Gasteiger partial charge is 0.416 e. The number of nitrogens with one attached hydrogen (secondary N) is 1. The van der Waals surface area contributed by atoms with Crippen LogP contribution < -0.4 is 9.62 Å². The van der Waals surface area contributed by atoms with E-state index < -0.39 is 46.2 Å². The molecule has 3 rings (SSSR count). The lowest BCUT2D eigenvalue weighted by Crippen LogP contribution is -2.52. The molecule has 2 amide bonds. The Labute approximate surface area is 243 Å². The maximum Gasteiger partial charge on any atom is 0.416 e. The summed E-state index contributed by atoms with van der Waals surface area (Å²) in [4.78, 5) is 27.9. The van der Waals surface area contributed by atoms with Gasteiger partial charge in [0.25, 0.3) is 10.0 Å². The molecular formula is C29H31ClF3N3O4S. The average Bonchev–Trinajstić information content (AvgIpc) is 2.92. The second-order valence-electron chi connectivity index (χ2n) is 9.30. The Hall–Kier alpha value is -3.57. The fraction of sp³-hybridized carbons (Fsp3) is 0.310. The van der Waals surface area contributed by atoms with Gasteiger partial charge in [0.2, 0.25) is 11.8 Å². The predicted octanol–water partition coefficient (Wildman–Crippen LogP) is 5.81. The third-order valence-corrected chi connectivity index (χ3v) is 8.54. The number of anilines is 1. The van der Waals surface area contributed by atoms with E-state index in [1.807, 2.05) is 0 Å². The summed E-state index contributed by atoms with van der Waals surface area (Å²) < 4.78 is 69.0. The zero-order valence-electron chi connectivity index (χ0n) is 22.8. The Kier molecular flexibility index (Phi) is 10.4. The molecule has 0 bridgehead atoms. The third-order valence-electron chi connectivity index (χ3n) is 6.38. The van der Waals surface area contributed by atoms with Gasteiger partial charge >= 0.3 is 6.18 Å². The molecule has 0 heterocycles. The lowest BCUT2D eigenvalue weighted by molar-refractivity contribution is -0.140. The van der Waals surface area contributed by atoms with Crippen molar-refractivity contribution < 1.29 is 31.2 Å². The molecule has 0 spiro atoms. The van der Waals surface area contributed by atoms with E-state index in [-0.39, 0.29) is 23.5 Å². The predicted molar refractivity (Wildman–Crippen MR) is 152 cm³/mol. The van der Waals surface area contributed by atoms with Gasteiger partial charge in [-0.05, 0) is 62.2 Å². The molecule has 0 fully saturated rings. The van der Waals surface area contributed by atoms with Gasteiger partial charge in [0.15, 0.2) is 0 Å². The third kappa shape index (κ3) is 7.80. The highest BCUT2D eigenvalue weighted by molar-refractivity contribution is 7.92. The van der Waals surface area contributed by atoms with E-state index in [0.29, 0.717) is 27.5 Å². The van der Waals surface area contributed by atoms with Gasteiger partial charge in [-0.3, -0.25) is 13.9 Å². The lowest BCUT2D eigenvalue weighted by Gasteiger charge is -2.33. The summed E-state index contributed by atoms with van der Waals surface area (Å²) in [6.07, 6.45) is -4.56. The highest BCUT2D eigenvalue weighted by atomic mass is 35.5. The van der Waals surface area contributed by atoms with Crippen LogP contribution in [0.4, 0.5) is 18.9 Å². The number of aryl methyl sites for hydroxylation is 1. The van der Waals surface area contributed by atoms with Crippen LogP contribution in [0.25, 0.3) is 0 Å². The van der Waals surface area contributed by atoms with Crippen LogP contribution in [0, 0.1) is 6.92 Å². The molecule has 0 aliphatic heterocycles. The van der Waals surface area contributed by atoms with Gasteiger partial charge in [0.05, 0.1) is 16.1 Å². The molecule has 0 aliphatic rings. The minimum Gasteiger partial charge on any atom is -0.355 e. The Bertz CT molecular complexity index is 1480. The van der Waals surface area contributed by atoms with E-state index >= 15 is 0 Å². The van der Waals surface area contributed by atoms with E-state index in [4.69, 9.17) is 11.6 Å². The Morgan fingerprint density at radius 3 is 2.22 bits per heavy atom. The van der Waals surface area contributed by atoms with Gasteiger partial charge in [-0.2, -0.15) is 13.2 Å². The number of halogens is 4. The molecular weight excluding hydrogens is 579 g/mol. The van der Waals surface area contributed by atoms with Crippen LogP contribution in [-0.2, 0) is 32.3 Å². The number of rotatable bonds is 11. The topological polar surface area (TPSA) is 86.8 Å². The summed E-state index contributed by atoms with van der Waals surface area (Å²) in [5.41, 5.74) is -0.146. The first kappa shape index (κ1) is 32.0. The Morgan fingerprint density at radius 1 is 0.976 bits per heavy atom. The lowest BCUT2D eigenvalue weighted by atomic mass is 10.1. The van der Waals surface area contributed by atoms with Crippen LogP contribution in [0.1, 0.15) is 37.0 Å². The van der Waals surface area contributed by atoms with Gasteiger partial charge in [-0.25, -0.2) is 8.42 Å². The summed E-state index contributed by atoms with van der Waals surface area (Å²) in [6, 6.07) is 15.2. The fourth-order valence-electron chi connectivity index (χ4n) is 4.23.